The predicted molar refractivity (Wildman–Crippen MR) is 96.0 cm³/mol. The van der Waals surface area contributed by atoms with Crippen molar-refractivity contribution in [3.05, 3.63) is 60.4 Å². The van der Waals surface area contributed by atoms with E-state index in [0.29, 0.717) is 22.6 Å². The van der Waals surface area contributed by atoms with Gasteiger partial charge in [-0.05, 0) is 31.2 Å². The molecule has 6 heteroatoms. The van der Waals surface area contributed by atoms with Crippen LogP contribution < -0.4 is 10.1 Å². The molecule has 0 amide bonds. The van der Waals surface area contributed by atoms with Crippen LogP contribution in [0.25, 0.3) is 22.4 Å². The number of aromatic nitrogens is 3. The van der Waals surface area contributed by atoms with Gasteiger partial charge in [0.1, 0.15) is 23.3 Å². The molecule has 1 N–H and O–H groups in total. The number of anilines is 2. The van der Waals surface area contributed by atoms with Crippen LogP contribution in [0, 0.1) is 6.92 Å². The van der Waals surface area contributed by atoms with Crippen molar-refractivity contribution in [1.29, 1.82) is 0 Å². The fourth-order valence-electron chi connectivity index (χ4n) is 2.56. The van der Waals surface area contributed by atoms with Gasteiger partial charge < -0.3 is 14.6 Å². The van der Waals surface area contributed by atoms with Gasteiger partial charge >= 0.3 is 0 Å². The quantitative estimate of drug-likeness (QED) is 0.599. The molecule has 2 aromatic heterocycles. The number of hydrogen-bond donors (Lipinski definition) is 1. The van der Waals surface area contributed by atoms with E-state index in [-0.39, 0.29) is 0 Å². The summed E-state index contributed by atoms with van der Waals surface area (Å²) < 4.78 is 10.7. The van der Waals surface area contributed by atoms with Crippen LogP contribution in [0.4, 0.5) is 11.5 Å². The summed E-state index contributed by atoms with van der Waals surface area (Å²) in [4.78, 5) is 8.62. The molecule has 0 aliphatic carbocycles. The molecule has 0 saturated carbocycles. The van der Waals surface area contributed by atoms with E-state index in [1.54, 1.807) is 7.11 Å². The Hall–Kier alpha value is -3.41. The van der Waals surface area contributed by atoms with Crippen LogP contribution in [-0.4, -0.2) is 22.2 Å². The summed E-state index contributed by atoms with van der Waals surface area (Å²) in [5, 5.41) is 7.42. The highest BCUT2D eigenvalue weighted by Crippen LogP contribution is 2.31. The smallest absolute Gasteiger partial charge is 0.228 e. The predicted octanol–water partition coefficient (Wildman–Crippen LogP) is 4.35. The Balaban J connectivity index is 1.72. The minimum atomic E-state index is 0.522. The number of benzene rings is 2. The van der Waals surface area contributed by atoms with Crippen LogP contribution in [0.3, 0.4) is 0 Å². The number of rotatable bonds is 4. The van der Waals surface area contributed by atoms with Crippen molar-refractivity contribution in [1.82, 2.24) is 15.1 Å². The maximum absolute atomic E-state index is 5.52. The van der Waals surface area contributed by atoms with Crippen LogP contribution in [0.2, 0.25) is 0 Å². The number of ether oxygens (including phenoxy) is 1. The van der Waals surface area contributed by atoms with E-state index in [1.807, 2.05) is 55.5 Å². The molecule has 2 aromatic carbocycles. The lowest BCUT2D eigenvalue weighted by Crippen LogP contribution is -1.95. The van der Waals surface area contributed by atoms with Crippen molar-refractivity contribution in [3.63, 3.8) is 0 Å². The number of fused-ring (bicyclic) bond motifs is 1. The molecular formula is C19H16N4O2. The Bertz CT molecular complexity index is 1010. The average Bonchev–Trinajstić information content (AvgIpc) is 3.08. The highest BCUT2D eigenvalue weighted by molar-refractivity contribution is 5.94. The molecule has 0 aliphatic rings. The molecule has 0 spiro atoms. The summed E-state index contributed by atoms with van der Waals surface area (Å²) >= 11 is 0. The van der Waals surface area contributed by atoms with Gasteiger partial charge in [0.25, 0.3) is 0 Å². The van der Waals surface area contributed by atoms with Gasteiger partial charge in [-0.15, -0.1) is 0 Å². The van der Waals surface area contributed by atoms with Gasteiger partial charge in [0.2, 0.25) is 5.58 Å². The first-order chi connectivity index (χ1) is 12.2. The zero-order valence-corrected chi connectivity index (χ0v) is 13.9. The Labute approximate surface area is 144 Å². The zero-order valence-electron chi connectivity index (χ0n) is 13.9. The number of nitrogens with one attached hydrogen (secondary N) is 1. The third kappa shape index (κ3) is 2.89. The van der Waals surface area contributed by atoms with Crippen LogP contribution in [0.5, 0.6) is 5.75 Å². The molecule has 4 rings (SSSR count). The maximum atomic E-state index is 5.52. The molecule has 0 saturated heterocycles. The second-order valence-electron chi connectivity index (χ2n) is 5.65. The highest BCUT2D eigenvalue weighted by atomic mass is 16.5. The van der Waals surface area contributed by atoms with Crippen molar-refractivity contribution in [2.75, 3.05) is 12.4 Å². The SMILES string of the molecule is COc1ccc(Nc2ncnc3c(-c4ccc(C)cc4)noc23)cc1. The molecule has 124 valence electrons. The number of hydrogen-bond acceptors (Lipinski definition) is 6. The minimum Gasteiger partial charge on any atom is -0.497 e. The summed E-state index contributed by atoms with van der Waals surface area (Å²) in [6, 6.07) is 15.6. The molecule has 0 aliphatic heterocycles. The molecule has 4 aromatic rings. The van der Waals surface area contributed by atoms with Gasteiger partial charge in [-0.1, -0.05) is 35.0 Å². The van der Waals surface area contributed by atoms with Crippen LogP contribution >= 0.6 is 0 Å². The molecule has 0 radical (unpaired) electrons. The van der Waals surface area contributed by atoms with Crippen LogP contribution in [0.1, 0.15) is 5.56 Å². The van der Waals surface area contributed by atoms with Gasteiger partial charge in [-0.25, -0.2) is 9.97 Å². The molecule has 0 bridgehead atoms. The fraction of sp³-hybridized carbons (Fsp3) is 0.105. The summed E-state index contributed by atoms with van der Waals surface area (Å²) in [5.74, 6) is 1.36. The molecule has 6 nitrogen and oxygen atoms in total. The third-order valence-corrected chi connectivity index (χ3v) is 3.93. The van der Waals surface area contributed by atoms with Gasteiger partial charge in [-0.2, -0.15) is 0 Å². The lowest BCUT2D eigenvalue weighted by molar-refractivity contribution is 0.415. The lowest BCUT2D eigenvalue weighted by Gasteiger charge is -2.06. The standard InChI is InChI=1S/C19H16N4O2/c1-12-3-5-13(6-4-12)16-17-18(25-23-16)19(21-11-20-17)22-14-7-9-15(24-2)10-8-14/h3-11H,1-2H3,(H,20,21,22). The van der Waals surface area contributed by atoms with E-state index in [2.05, 4.69) is 20.4 Å². The Morgan fingerprint density at radius 3 is 2.44 bits per heavy atom. The van der Waals surface area contributed by atoms with E-state index in [9.17, 15) is 0 Å². The van der Waals surface area contributed by atoms with Crippen molar-refractivity contribution in [2.45, 2.75) is 6.92 Å². The highest BCUT2D eigenvalue weighted by Gasteiger charge is 2.16. The average molecular weight is 332 g/mol. The summed E-state index contributed by atoms with van der Waals surface area (Å²) in [6.45, 7) is 2.05. The number of aryl methyl sites for hydroxylation is 1. The second-order valence-corrected chi connectivity index (χ2v) is 5.65. The van der Waals surface area contributed by atoms with E-state index in [0.717, 1.165) is 17.0 Å². The monoisotopic (exact) mass is 332 g/mol. The Morgan fingerprint density at radius 1 is 0.960 bits per heavy atom. The first-order valence-electron chi connectivity index (χ1n) is 7.83. The topological polar surface area (TPSA) is 73.1 Å². The fourth-order valence-corrected chi connectivity index (χ4v) is 2.56. The molecule has 0 atom stereocenters. The van der Waals surface area contributed by atoms with Gasteiger partial charge in [0.15, 0.2) is 5.82 Å². The Kier molecular flexibility index (Phi) is 3.78. The number of nitrogens with zero attached hydrogens (tertiary/aromatic N) is 3. The third-order valence-electron chi connectivity index (χ3n) is 3.93. The van der Waals surface area contributed by atoms with Crippen molar-refractivity contribution < 1.29 is 9.26 Å². The summed E-state index contributed by atoms with van der Waals surface area (Å²) in [7, 11) is 1.64. The van der Waals surface area contributed by atoms with Crippen molar-refractivity contribution in [3.8, 4) is 17.0 Å². The van der Waals surface area contributed by atoms with Crippen LogP contribution in [0.15, 0.2) is 59.4 Å². The molecule has 0 unspecified atom stereocenters. The van der Waals surface area contributed by atoms with E-state index >= 15 is 0 Å². The van der Waals surface area contributed by atoms with E-state index in [4.69, 9.17) is 9.26 Å². The summed E-state index contributed by atoms with van der Waals surface area (Å²) in [5.41, 5.74) is 4.92. The molecular weight excluding hydrogens is 316 g/mol. The lowest BCUT2D eigenvalue weighted by atomic mass is 10.1. The van der Waals surface area contributed by atoms with E-state index in [1.165, 1.54) is 11.9 Å². The first-order valence-corrected chi connectivity index (χ1v) is 7.83. The summed E-state index contributed by atoms with van der Waals surface area (Å²) in [6.07, 6.45) is 1.50. The van der Waals surface area contributed by atoms with Gasteiger partial charge in [-0.3, -0.25) is 0 Å². The minimum absolute atomic E-state index is 0.522. The molecule has 2 heterocycles. The second kappa shape index (κ2) is 6.24. The van der Waals surface area contributed by atoms with Crippen LogP contribution in [-0.2, 0) is 0 Å². The number of methoxy groups -OCH3 is 1. The van der Waals surface area contributed by atoms with E-state index < -0.39 is 0 Å². The normalized spacial score (nSPS) is 10.8. The Morgan fingerprint density at radius 2 is 1.72 bits per heavy atom. The molecule has 0 fully saturated rings. The first kappa shape index (κ1) is 15.1. The van der Waals surface area contributed by atoms with Gasteiger partial charge in [0, 0.05) is 11.3 Å². The van der Waals surface area contributed by atoms with Crippen molar-refractivity contribution >= 4 is 22.6 Å². The van der Waals surface area contributed by atoms with Crippen molar-refractivity contribution in [2.24, 2.45) is 0 Å². The zero-order chi connectivity index (χ0) is 17.2. The largest absolute Gasteiger partial charge is 0.497 e. The maximum Gasteiger partial charge on any atom is 0.228 e. The van der Waals surface area contributed by atoms with Gasteiger partial charge in [0.05, 0.1) is 7.11 Å². The molecule has 25 heavy (non-hydrogen) atoms.